The van der Waals surface area contributed by atoms with Gasteiger partial charge in [0.1, 0.15) is 0 Å². The molecule has 2 nitrogen and oxygen atoms in total. The first-order valence-corrected chi connectivity index (χ1v) is 5.55. The van der Waals surface area contributed by atoms with Gasteiger partial charge in [-0.15, -0.1) is 0 Å². The molecule has 13 heavy (non-hydrogen) atoms. The van der Waals surface area contributed by atoms with Crippen LogP contribution in [0.5, 0.6) is 0 Å². The van der Waals surface area contributed by atoms with E-state index in [1.165, 1.54) is 32.1 Å². The van der Waals surface area contributed by atoms with Gasteiger partial charge in [-0.2, -0.15) is 0 Å². The summed E-state index contributed by atoms with van der Waals surface area (Å²) in [6, 6.07) is 0.464. The van der Waals surface area contributed by atoms with Gasteiger partial charge in [0.15, 0.2) is 0 Å². The van der Waals surface area contributed by atoms with Gasteiger partial charge < -0.3 is 5.32 Å². The van der Waals surface area contributed by atoms with Crippen LogP contribution in [0.4, 0.5) is 0 Å². The highest BCUT2D eigenvalue weighted by Gasteiger charge is 2.21. The Hall–Kier alpha value is -0.530. The van der Waals surface area contributed by atoms with Crippen molar-refractivity contribution < 1.29 is 4.79 Å². The highest BCUT2D eigenvalue weighted by atomic mass is 16.1. The minimum Gasteiger partial charge on any atom is -0.353 e. The molecule has 0 saturated heterocycles. The van der Waals surface area contributed by atoms with E-state index < -0.39 is 0 Å². The molecule has 0 aromatic rings. The van der Waals surface area contributed by atoms with Crippen molar-refractivity contribution in [1.82, 2.24) is 5.32 Å². The number of amides is 1. The minimum atomic E-state index is 0.210. The third-order valence-corrected chi connectivity index (χ3v) is 3.05. The van der Waals surface area contributed by atoms with Crippen LogP contribution in [0.1, 0.15) is 52.4 Å². The molecule has 76 valence electrons. The second-order valence-electron chi connectivity index (χ2n) is 4.06. The lowest BCUT2D eigenvalue weighted by Gasteiger charge is -2.28. The van der Waals surface area contributed by atoms with Crippen LogP contribution >= 0.6 is 0 Å². The molecule has 2 heteroatoms. The maximum absolute atomic E-state index is 11.2. The SMILES string of the molecule is CCC(=O)N[C@@H]1CCC[C@H](CC)C1. The van der Waals surface area contributed by atoms with Gasteiger partial charge in [0.05, 0.1) is 0 Å². The topological polar surface area (TPSA) is 29.1 Å². The Morgan fingerprint density at radius 3 is 2.77 bits per heavy atom. The first-order valence-electron chi connectivity index (χ1n) is 5.55. The van der Waals surface area contributed by atoms with Crippen molar-refractivity contribution >= 4 is 5.91 Å². The average Bonchev–Trinajstić information content (AvgIpc) is 2.18. The summed E-state index contributed by atoms with van der Waals surface area (Å²) >= 11 is 0. The fourth-order valence-corrected chi connectivity index (χ4v) is 2.12. The first-order chi connectivity index (χ1) is 6.26. The summed E-state index contributed by atoms with van der Waals surface area (Å²) in [6.07, 6.45) is 6.90. The van der Waals surface area contributed by atoms with Gasteiger partial charge in [0, 0.05) is 12.5 Å². The molecule has 1 saturated carbocycles. The maximum Gasteiger partial charge on any atom is 0.219 e. The van der Waals surface area contributed by atoms with Gasteiger partial charge in [-0.1, -0.05) is 33.1 Å². The Balaban J connectivity index is 2.29. The summed E-state index contributed by atoms with van der Waals surface area (Å²) in [6.45, 7) is 4.16. The molecule has 1 aliphatic rings. The van der Waals surface area contributed by atoms with E-state index in [2.05, 4.69) is 12.2 Å². The van der Waals surface area contributed by atoms with E-state index in [-0.39, 0.29) is 5.91 Å². The summed E-state index contributed by atoms with van der Waals surface area (Å²) < 4.78 is 0. The molecule has 0 heterocycles. The monoisotopic (exact) mass is 183 g/mol. The molecule has 1 aliphatic carbocycles. The summed E-state index contributed by atoms with van der Waals surface area (Å²) in [5.74, 6) is 1.05. The molecule has 0 aromatic carbocycles. The fourth-order valence-electron chi connectivity index (χ4n) is 2.12. The lowest BCUT2D eigenvalue weighted by Crippen LogP contribution is -2.37. The second kappa shape index (κ2) is 5.25. The predicted octanol–water partition coefficient (Wildman–Crippen LogP) is 2.48. The zero-order chi connectivity index (χ0) is 9.68. The molecular formula is C11H21NO. The molecule has 2 atom stereocenters. The normalized spacial score (nSPS) is 28.5. The zero-order valence-corrected chi connectivity index (χ0v) is 8.81. The van der Waals surface area contributed by atoms with Crippen LogP contribution in [-0.2, 0) is 4.79 Å². The van der Waals surface area contributed by atoms with E-state index in [0.29, 0.717) is 12.5 Å². The predicted molar refractivity (Wildman–Crippen MR) is 54.5 cm³/mol. The molecule has 0 aliphatic heterocycles. The molecule has 1 fully saturated rings. The minimum absolute atomic E-state index is 0.210. The summed E-state index contributed by atoms with van der Waals surface area (Å²) in [5.41, 5.74) is 0. The number of hydrogen-bond acceptors (Lipinski definition) is 1. The Labute approximate surface area is 81.1 Å². The van der Waals surface area contributed by atoms with E-state index in [4.69, 9.17) is 0 Å². The smallest absolute Gasteiger partial charge is 0.219 e. The third-order valence-electron chi connectivity index (χ3n) is 3.05. The van der Waals surface area contributed by atoms with Crippen LogP contribution in [0.15, 0.2) is 0 Å². The largest absolute Gasteiger partial charge is 0.353 e. The molecule has 1 amide bonds. The summed E-state index contributed by atoms with van der Waals surface area (Å²) in [5, 5.41) is 3.09. The molecule has 0 bridgehead atoms. The van der Waals surface area contributed by atoms with Crippen molar-refractivity contribution in [2.45, 2.75) is 58.4 Å². The number of nitrogens with one attached hydrogen (secondary N) is 1. The van der Waals surface area contributed by atoms with Crippen LogP contribution in [0, 0.1) is 5.92 Å². The van der Waals surface area contributed by atoms with Crippen molar-refractivity contribution in [3.63, 3.8) is 0 Å². The molecule has 0 radical (unpaired) electrons. The Morgan fingerprint density at radius 2 is 2.15 bits per heavy atom. The average molecular weight is 183 g/mol. The van der Waals surface area contributed by atoms with Crippen LogP contribution in [0.2, 0.25) is 0 Å². The fraction of sp³-hybridized carbons (Fsp3) is 0.909. The lowest BCUT2D eigenvalue weighted by molar-refractivity contribution is -0.121. The van der Waals surface area contributed by atoms with Crippen LogP contribution in [0.3, 0.4) is 0 Å². The highest BCUT2D eigenvalue weighted by molar-refractivity contribution is 5.75. The van der Waals surface area contributed by atoms with Gasteiger partial charge in [-0.3, -0.25) is 4.79 Å². The van der Waals surface area contributed by atoms with Gasteiger partial charge in [-0.25, -0.2) is 0 Å². The number of rotatable bonds is 3. The Morgan fingerprint density at radius 1 is 1.38 bits per heavy atom. The molecule has 1 N–H and O–H groups in total. The third kappa shape index (κ3) is 3.37. The quantitative estimate of drug-likeness (QED) is 0.715. The number of carbonyl (C=O) groups is 1. The molecule has 1 rings (SSSR count). The van der Waals surface area contributed by atoms with E-state index in [9.17, 15) is 4.79 Å². The number of hydrogen-bond donors (Lipinski definition) is 1. The van der Waals surface area contributed by atoms with Crippen molar-refractivity contribution in [2.24, 2.45) is 5.92 Å². The molecule has 0 unspecified atom stereocenters. The van der Waals surface area contributed by atoms with Gasteiger partial charge in [-0.05, 0) is 18.8 Å². The van der Waals surface area contributed by atoms with E-state index in [0.717, 1.165) is 5.92 Å². The maximum atomic E-state index is 11.2. The van der Waals surface area contributed by atoms with Crippen molar-refractivity contribution in [1.29, 1.82) is 0 Å². The van der Waals surface area contributed by atoms with Crippen molar-refractivity contribution in [3.8, 4) is 0 Å². The highest BCUT2D eigenvalue weighted by Crippen LogP contribution is 2.26. The summed E-state index contributed by atoms with van der Waals surface area (Å²) in [4.78, 5) is 11.2. The standard InChI is InChI=1S/C11H21NO/c1-3-9-6-5-7-10(8-9)12-11(13)4-2/h9-10H,3-8H2,1-2H3,(H,12,13)/t9-,10+/m0/s1. The lowest BCUT2D eigenvalue weighted by atomic mass is 9.84. The Kier molecular flexibility index (Phi) is 4.26. The van der Waals surface area contributed by atoms with E-state index in [1.54, 1.807) is 0 Å². The van der Waals surface area contributed by atoms with Crippen LogP contribution in [-0.4, -0.2) is 11.9 Å². The van der Waals surface area contributed by atoms with Gasteiger partial charge in [0.2, 0.25) is 5.91 Å². The van der Waals surface area contributed by atoms with E-state index in [1.807, 2.05) is 6.92 Å². The first kappa shape index (κ1) is 10.6. The zero-order valence-electron chi connectivity index (χ0n) is 8.81. The van der Waals surface area contributed by atoms with Crippen molar-refractivity contribution in [2.75, 3.05) is 0 Å². The number of carbonyl (C=O) groups excluding carboxylic acids is 1. The van der Waals surface area contributed by atoms with Crippen LogP contribution in [0.25, 0.3) is 0 Å². The molecular weight excluding hydrogens is 162 g/mol. The van der Waals surface area contributed by atoms with Gasteiger partial charge >= 0.3 is 0 Å². The Bertz CT molecular complexity index is 167. The van der Waals surface area contributed by atoms with E-state index >= 15 is 0 Å². The van der Waals surface area contributed by atoms with Gasteiger partial charge in [0.25, 0.3) is 0 Å². The van der Waals surface area contributed by atoms with Crippen molar-refractivity contribution in [3.05, 3.63) is 0 Å². The van der Waals surface area contributed by atoms with Crippen LogP contribution < -0.4 is 5.32 Å². The second-order valence-corrected chi connectivity index (χ2v) is 4.06. The molecule has 0 spiro atoms. The molecule has 0 aromatic heterocycles. The summed E-state index contributed by atoms with van der Waals surface area (Å²) in [7, 11) is 0.